The predicted octanol–water partition coefficient (Wildman–Crippen LogP) is 3.49. The molecule has 0 aliphatic rings. The lowest BCUT2D eigenvalue weighted by Crippen LogP contribution is -2.25. The van der Waals surface area contributed by atoms with E-state index in [9.17, 15) is 10.1 Å². The average molecular weight is 254 g/mol. The molecule has 1 atom stereocenters. The van der Waals surface area contributed by atoms with Gasteiger partial charge in [0.2, 0.25) is 0 Å². The summed E-state index contributed by atoms with van der Waals surface area (Å²) in [7, 11) is 0. The van der Waals surface area contributed by atoms with Crippen LogP contribution in [-0.4, -0.2) is 11.0 Å². The minimum absolute atomic E-state index is 0.195. The van der Waals surface area contributed by atoms with Crippen molar-refractivity contribution < 1.29 is 9.34 Å². The molecule has 0 fully saturated rings. The number of nitro groups is 1. The van der Waals surface area contributed by atoms with Crippen molar-refractivity contribution in [3.63, 3.8) is 0 Å². The zero-order valence-electron chi connectivity index (χ0n) is 11.3. The quantitative estimate of drug-likeness (QED) is 0.569. The Labute approximate surface area is 108 Å². The van der Waals surface area contributed by atoms with E-state index in [1.54, 1.807) is 6.07 Å². The van der Waals surface area contributed by atoms with E-state index < -0.39 is 4.92 Å². The van der Waals surface area contributed by atoms with E-state index in [1.165, 1.54) is 18.9 Å². The van der Waals surface area contributed by atoms with Crippen LogP contribution in [0, 0.1) is 16.0 Å². The third kappa shape index (κ3) is 5.31. The maximum absolute atomic E-state index is 10.4. The van der Waals surface area contributed by atoms with Crippen molar-refractivity contribution in [1.29, 1.82) is 0 Å². The second kappa shape index (κ2) is 7.16. The first-order valence-electron chi connectivity index (χ1n) is 6.45. The molecule has 0 bridgehead atoms. The minimum atomic E-state index is -0.518. The van der Waals surface area contributed by atoms with E-state index in [0.717, 1.165) is 12.3 Å². The molecule has 1 aromatic rings. The van der Waals surface area contributed by atoms with Gasteiger partial charge in [-0.15, -0.1) is 0 Å². The molecule has 0 radical (unpaired) electrons. The van der Waals surface area contributed by atoms with Gasteiger partial charge >= 0.3 is 5.88 Å². The molecular weight excluding hydrogens is 232 g/mol. The van der Waals surface area contributed by atoms with Crippen LogP contribution >= 0.6 is 0 Å². The van der Waals surface area contributed by atoms with Crippen LogP contribution in [-0.2, 0) is 6.54 Å². The molecule has 5 nitrogen and oxygen atoms in total. The molecule has 0 aliphatic heterocycles. The SMILES string of the molecule is CC(C)CCCC(C)NCc1ccc([N+](=O)[O-])o1. The highest BCUT2D eigenvalue weighted by Crippen LogP contribution is 2.15. The van der Waals surface area contributed by atoms with E-state index in [4.69, 9.17) is 4.42 Å². The summed E-state index contributed by atoms with van der Waals surface area (Å²) in [4.78, 5) is 9.93. The molecule has 0 amide bonds. The molecule has 1 aromatic heterocycles. The Morgan fingerprint density at radius 1 is 1.33 bits per heavy atom. The van der Waals surface area contributed by atoms with Gasteiger partial charge in [0.05, 0.1) is 12.6 Å². The van der Waals surface area contributed by atoms with Crippen molar-refractivity contribution in [1.82, 2.24) is 5.32 Å². The Morgan fingerprint density at radius 3 is 2.61 bits per heavy atom. The van der Waals surface area contributed by atoms with E-state index in [-0.39, 0.29) is 5.88 Å². The van der Waals surface area contributed by atoms with Crippen LogP contribution in [0.4, 0.5) is 5.88 Å². The molecule has 1 unspecified atom stereocenters. The summed E-state index contributed by atoms with van der Waals surface area (Å²) in [6.45, 7) is 7.11. The van der Waals surface area contributed by atoms with Gasteiger partial charge in [-0.3, -0.25) is 10.1 Å². The molecule has 1 N–H and O–H groups in total. The zero-order valence-corrected chi connectivity index (χ0v) is 11.3. The molecule has 0 aliphatic carbocycles. The summed E-state index contributed by atoms with van der Waals surface area (Å²) < 4.78 is 5.08. The first-order valence-corrected chi connectivity index (χ1v) is 6.45. The molecule has 0 saturated heterocycles. The molecule has 102 valence electrons. The topological polar surface area (TPSA) is 68.3 Å². The van der Waals surface area contributed by atoms with E-state index in [2.05, 4.69) is 26.1 Å². The van der Waals surface area contributed by atoms with E-state index in [0.29, 0.717) is 18.3 Å². The summed E-state index contributed by atoms with van der Waals surface area (Å²) in [6.07, 6.45) is 3.55. The Morgan fingerprint density at radius 2 is 2.06 bits per heavy atom. The van der Waals surface area contributed by atoms with Crippen LogP contribution in [0.3, 0.4) is 0 Å². The van der Waals surface area contributed by atoms with Gasteiger partial charge in [0.25, 0.3) is 0 Å². The Hall–Kier alpha value is -1.36. The van der Waals surface area contributed by atoms with Crippen LogP contribution in [0.25, 0.3) is 0 Å². The number of hydrogen-bond donors (Lipinski definition) is 1. The van der Waals surface area contributed by atoms with Gasteiger partial charge in [-0.05, 0) is 25.3 Å². The van der Waals surface area contributed by atoms with Crippen molar-refractivity contribution in [2.45, 2.75) is 52.6 Å². The number of nitrogens with one attached hydrogen (secondary N) is 1. The molecule has 0 saturated carbocycles. The molecule has 1 rings (SSSR count). The molecule has 0 aromatic carbocycles. The standard InChI is InChI=1S/C13H22N2O3/c1-10(2)5-4-6-11(3)14-9-12-7-8-13(18-12)15(16)17/h7-8,10-11,14H,4-6,9H2,1-3H3. The van der Waals surface area contributed by atoms with Gasteiger partial charge in [0, 0.05) is 6.04 Å². The minimum Gasteiger partial charge on any atom is -0.404 e. The Balaban J connectivity index is 2.24. The van der Waals surface area contributed by atoms with Gasteiger partial charge in [-0.1, -0.05) is 26.7 Å². The first kappa shape index (κ1) is 14.7. The summed E-state index contributed by atoms with van der Waals surface area (Å²) in [5.41, 5.74) is 0. The monoisotopic (exact) mass is 254 g/mol. The summed E-state index contributed by atoms with van der Waals surface area (Å²) >= 11 is 0. The lowest BCUT2D eigenvalue weighted by molar-refractivity contribution is -0.402. The van der Waals surface area contributed by atoms with Gasteiger partial charge in [0.15, 0.2) is 0 Å². The maximum atomic E-state index is 10.4. The predicted molar refractivity (Wildman–Crippen MR) is 70.4 cm³/mol. The van der Waals surface area contributed by atoms with Crippen LogP contribution in [0.5, 0.6) is 0 Å². The molecule has 1 heterocycles. The summed E-state index contributed by atoms with van der Waals surface area (Å²) in [5.74, 6) is 1.15. The van der Waals surface area contributed by atoms with Gasteiger partial charge in [0.1, 0.15) is 10.7 Å². The first-order chi connectivity index (χ1) is 8.49. The normalized spacial score (nSPS) is 12.9. The maximum Gasteiger partial charge on any atom is 0.433 e. The molecular formula is C13H22N2O3. The highest BCUT2D eigenvalue weighted by atomic mass is 16.6. The highest BCUT2D eigenvalue weighted by molar-refractivity contribution is 5.17. The third-order valence-corrected chi connectivity index (χ3v) is 2.87. The van der Waals surface area contributed by atoms with Gasteiger partial charge < -0.3 is 9.73 Å². The van der Waals surface area contributed by atoms with Crippen molar-refractivity contribution in [2.24, 2.45) is 5.92 Å². The van der Waals surface area contributed by atoms with Crippen LogP contribution in [0.1, 0.15) is 45.8 Å². The van der Waals surface area contributed by atoms with Crippen molar-refractivity contribution in [3.05, 3.63) is 28.0 Å². The largest absolute Gasteiger partial charge is 0.433 e. The van der Waals surface area contributed by atoms with Crippen LogP contribution < -0.4 is 5.32 Å². The fourth-order valence-electron chi connectivity index (χ4n) is 1.77. The number of hydrogen-bond acceptors (Lipinski definition) is 4. The average Bonchev–Trinajstić information content (AvgIpc) is 2.74. The number of furan rings is 1. The Kier molecular flexibility index (Phi) is 5.85. The smallest absolute Gasteiger partial charge is 0.404 e. The second-order valence-electron chi connectivity index (χ2n) is 5.10. The van der Waals surface area contributed by atoms with Crippen LogP contribution in [0.15, 0.2) is 16.5 Å². The van der Waals surface area contributed by atoms with Crippen molar-refractivity contribution >= 4 is 5.88 Å². The summed E-state index contributed by atoms with van der Waals surface area (Å²) in [5, 5.41) is 13.8. The lowest BCUT2D eigenvalue weighted by Gasteiger charge is -2.13. The number of nitrogens with zero attached hydrogens (tertiary/aromatic N) is 1. The fraction of sp³-hybridized carbons (Fsp3) is 0.692. The van der Waals surface area contributed by atoms with E-state index in [1.807, 2.05) is 0 Å². The molecule has 18 heavy (non-hydrogen) atoms. The van der Waals surface area contributed by atoms with Gasteiger partial charge in [-0.25, -0.2) is 0 Å². The van der Waals surface area contributed by atoms with E-state index >= 15 is 0 Å². The Bertz CT molecular complexity index is 374. The van der Waals surface area contributed by atoms with Crippen LogP contribution in [0.2, 0.25) is 0 Å². The lowest BCUT2D eigenvalue weighted by atomic mass is 10.0. The highest BCUT2D eigenvalue weighted by Gasteiger charge is 2.12. The van der Waals surface area contributed by atoms with Gasteiger partial charge in [-0.2, -0.15) is 0 Å². The zero-order chi connectivity index (χ0) is 13.5. The fourth-order valence-corrected chi connectivity index (χ4v) is 1.77. The molecule has 0 spiro atoms. The third-order valence-electron chi connectivity index (χ3n) is 2.87. The van der Waals surface area contributed by atoms with Crippen molar-refractivity contribution in [3.8, 4) is 0 Å². The number of rotatable bonds is 8. The van der Waals surface area contributed by atoms with Crippen molar-refractivity contribution in [2.75, 3.05) is 0 Å². The molecule has 5 heteroatoms. The second-order valence-corrected chi connectivity index (χ2v) is 5.10. The summed E-state index contributed by atoms with van der Waals surface area (Å²) in [6, 6.07) is 3.43.